The molecule has 0 saturated heterocycles. The molecule has 0 spiro atoms. The van der Waals surface area contributed by atoms with Crippen LogP contribution in [0.3, 0.4) is 0 Å². The summed E-state index contributed by atoms with van der Waals surface area (Å²) in [5, 5.41) is 16.5. The van der Waals surface area contributed by atoms with Crippen LogP contribution in [0.1, 0.15) is 27.0 Å². The molecule has 34 heavy (non-hydrogen) atoms. The van der Waals surface area contributed by atoms with Gasteiger partial charge in [-0.3, -0.25) is 9.59 Å². The van der Waals surface area contributed by atoms with E-state index in [2.05, 4.69) is 15.8 Å². The first-order valence-corrected chi connectivity index (χ1v) is 10.3. The number of hydrogen-bond donors (Lipinski definition) is 3. The van der Waals surface area contributed by atoms with Crippen LogP contribution in [0.2, 0.25) is 0 Å². The van der Waals surface area contributed by atoms with E-state index in [1.165, 1.54) is 26.5 Å². The molecule has 0 fully saturated rings. The van der Waals surface area contributed by atoms with Gasteiger partial charge in [-0.05, 0) is 55.0 Å². The molecule has 0 bridgehead atoms. The normalized spacial score (nSPS) is 11.2. The summed E-state index contributed by atoms with van der Waals surface area (Å²) in [6.07, 6.45) is 2.82. The van der Waals surface area contributed by atoms with Crippen LogP contribution in [0.4, 0.5) is 0 Å². The minimum atomic E-state index is -0.651. The predicted octanol–water partition coefficient (Wildman–Crippen LogP) is 3.64. The second-order valence-electron chi connectivity index (χ2n) is 7.25. The van der Waals surface area contributed by atoms with E-state index in [-0.39, 0.29) is 11.4 Å². The number of phenolic OH excluding ortho intramolecular Hbond substituents is 1. The minimum Gasteiger partial charge on any atom is -0.507 e. The number of carbonyl (C=O) groups excluding carboxylic acids is 2. The first-order chi connectivity index (χ1) is 16.4. The second kappa shape index (κ2) is 11.3. The van der Waals surface area contributed by atoms with Gasteiger partial charge in [0.15, 0.2) is 11.5 Å². The number of carbonyl (C=O) groups is 2. The van der Waals surface area contributed by atoms with E-state index >= 15 is 0 Å². The van der Waals surface area contributed by atoms with E-state index in [0.29, 0.717) is 28.2 Å². The molecule has 174 valence electrons. The average molecular weight is 460 g/mol. The molecule has 8 heteroatoms. The third-order valence-corrected chi connectivity index (χ3v) is 4.80. The Labute approximate surface area is 197 Å². The smallest absolute Gasteiger partial charge is 0.287 e. The molecule has 0 radical (unpaired) electrons. The van der Waals surface area contributed by atoms with Gasteiger partial charge in [-0.15, -0.1) is 0 Å². The Morgan fingerprint density at radius 1 is 0.941 bits per heavy atom. The Morgan fingerprint density at radius 3 is 2.38 bits per heavy atom. The number of aryl methyl sites for hydroxylation is 1. The summed E-state index contributed by atoms with van der Waals surface area (Å²) < 4.78 is 10.6. The minimum absolute atomic E-state index is 0.0297. The highest BCUT2D eigenvalue weighted by Gasteiger charge is 2.15. The van der Waals surface area contributed by atoms with Crippen LogP contribution < -0.4 is 20.2 Å². The molecular weight excluding hydrogens is 434 g/mol. The van der Waals surface area contributed by atoms with E-state index in [1.54, 1.807) is 66.7 Å². The zero-order chi connectivity index (χ0) is 24.5. The molecule has 0 heterocycles. The van der Waals surface area contributed by atoms with Gasteiger partial charge in [0.2, 0.25) is 0 Å². The maximum atomic E-state index is 12.9. The van der Waals surface area contributed by atoms with E-state index in [1.807, 2.05) is 6.92 Å². The molecule has 3 rings (SSSR count). The third kappa shape index (κ3) is 6.23. The Balaban J connectivity index is 1.88. The number of nitrogens with zero attached hydrogens (tertiary/aromatic N) is 1. The van der Waals surface area contributed by atoms with Crippen molar-refractivity contribution in [2.75, 3.05) is 14.2 Å². The summed E-state index contributed by atoms with van der Waals surface area (Å²) in [6, 6.07) is 18.6. The van der Waals surface area contributed by atoms with Crippen molar-refractivity contribution in [1.29, 1.82) is 0 Å². The standard InChI is InChI=1S/C26H25N3O5/c1-17-9-11-22(30)20(13-17)16-27-29-26(32)21(28-25(31)19-7-5-4-6-8-19)14-18-10-12-23(33-2)24(15-18)34-3/h4-16,30H,1-3H3,(H,28,31)(H,29,32). The third-order valence-electron chi connectivity index (χ3n) is 4.80. The van der Waals surface area contributed by atoms with Crippen LogP contribution in [-0.2, 0) is 4.79 Å². The van der Waals surface area contributed by atoms with Crippen molar-refractivity contribution in [3.63, 3.8) is 0 Å². The molecule has 0 aliphatic rings. The van der Waals surface area contributed by atoms with Crippen LogP contribution in [0.5, 0.6) is 17.2 Å². The fraction of sp³-hybridized carbons (Fsp3) is 0.115. The highest BCUT2D eigenvalue weighted by atomic mass is 16.5. The summed E-state index contributed by atoms with van der Waals surface area (Å²) in [4.78, 5) is 25.6. The molecule has 0 aliphatic heterocycles. The Bertz CT molecular complexity index is 1240. The topological polar surface area (TPSA) is 109 Å². The Hall–Kier alpha value is -4.59. The lowest BCUT2D eigenvalue weighted by Crippen LogP contribution is -2.32. The summed E-state index contributed by atoms with van der Waals surface area (Å²) in [5.41, 5.74) is 4.70. The number of benzene rings is 3. The largest absolute Gasteiger partial charge is 0.507 e. The van der Waals surface area contributed by atoms with Crippen molar-refractivity contribution in [3.8, 4) is 17.2 Å². The number of amides is 2. The van der Waals surface area contributed by atoms with Crippen molar-refractivity contribution in [3.05, 3.63) is 94.7 Å². The van der Waals surface area contributed by atoms with E-state index in [4.69, 9.17) is 9.47 Å². The monoisotopic (exact) mass is 459 g/mol. The number of ether oxygens (including phenoxy) is 2. The molecule has 3 aromatic carbocycles. The highest BCUT2D eigenvalue weighted by molar-refractivity contribution is 6.05. The van der Waals surface area contributed by atoms with Gasteiger partial charge in [0, 0.05) is 11.1 Å². The lowest BCUT2D eigenvalue weighted by molar-refractivity contribution is -0.117. The van der Waals surface area contributed by atoms with Gasteiger partial charge < -0.3 is 19.9 Å². The van der Waals surface area contributed by atoms with E-state index in [0.717, 1.165) is 5.56 Å². The molecule has 0 unspecified atom stereocenters. The number of phenols is 1. The SMILES string of the molecule is COc1ccc(C=C(NC(=O)c2ccccc2)C(=O)NN=Cc2cc(C)ccc2O)cc1OC. The molecule has 0 saturated carbocycles. The molecule has 0 aromatic heterocycles. The van der Waals surface area contributed by atoms with Crippen molar-refractivity contribution in [2.24, 2.45) is 5.10 Å². The molecule has 3 aromatic rings. The quantitative estimate of drug-likeness (QED) is 0.271. The second-order valence-corrected chi connectivity index (χ2v) is 7.25. The maximum Gasteiger partial charge on any atom is 0.287 e. The molecule has 2 amide bonds. The molecule has 8 nitrogen and oxygen atoms in total. The van der Waals surface area contributed by atoms with Crippen LogP contribution in [0.25, 0.3) is 6.08 Å². The van der Waals surface area contributed by atoms with Gasteiger partial charge in [0.05, 0.1) is 20.4 Å². The number of rotatable bonds is 8. The summed E-state index contributed by atoms with van der Waals surface area (Å²) in [7, 11) is 3.03. The summed E-state index contributed by atoms with van der Waals surface area (Å²) in [6.45, 7) is 1.87. The van der Waals surface area contributed by atoms with Crippen LogP contribution in [0, 0.1) is 6.92 Å². The Morgan fingerprint density at radius 2 is 1.68 bits per heavy atom. The molecule has 3 N–H and O–H groups in total. The zero-order valence-electron chi connectivity index (χ0n) is 19.0. The van der Waals surface area contributed by atoms with Crippen LogP contribution in [-0.4, -0.2) is 37.4 Å². The fourth-order valence-electron chi connectivity index (χ4n) is 3.05. The first-order valence-electron chi connectivity index (χ1n) is 10.3. The first kappa shape index (κ1) is 24.1. The van der Waals surface area contributed by atoms with Crippen molar-refractivity contribution < 1.29 is 24.2 Å². The Kier molecular flexibility index (Phi) is 8.02. The number of aromatic hydroxyl groups is 1. The van der Waals surface area contributed by atoms with Gasteiger partial charge in [0.1, 0.15) is 11.4 Å². The van der Waals surface area contributed by atoms with Crippen molar-refractivity contribution in [1.82, 2.24) is 10.7 Å². The number of hydrazone groups is 1. The van der Waals surface area contributed by atoms with Crippen molar-refractivity contribution >= 4 is 24.1 Å². The summed E-state index contributed by atoms with van der Waals surface area (Å²) >= 11 is 0. The number of methoxy groups -OCH3 is 2. The molecular formula is C26H25N3O5. The highest BCUT2D eigenvalue weighted by Crippen LogP contribution is 2.28. The maximum absolute atomic E-state index is 12.9. The zero-order valence-corrected chi connectivity index (χ0v) is 19.0. The van der Waals surface area contributed by atoms with Gasteiger partial charge in [0.25, 0.3) is 11.8 Å². The van der Waals surface area contributed by atoms with Crippen LogP contribution in [0.15, 0.2) is 77.5 Å². The number of hydrogen-bond acceptors (Lipinski definition) is 6. The van der Waals surface area contributed by atoms with Crippen molar-refractivity contribution in [2.45, 2.75) is 6.92 Å². The molecule has 0 atom stereocenters. The lowest BCUT2D eigenvalue weighted by atomic mass is 10.1. The molecule has 0 aliphatic carbocycles. The van der Waals surface area contributed by atoms with Gasteiger partial charge in [-0.25, -0.2) is 5.43 Å². The fourth-order valence-corrected chi connectivity index (χ4v) is 3.05. The predicted molar refractivity (Wildman–Crippen MR) is 130 cm³/mol. The van der Waals surface area contributed by atoms with Gasteiger partial charge in [-0.1, -0.05) is 35.9 Å². The van der Waals surface area contributed by atoms with Crippen LogP contribution >= 0.6 is 0 Å². The van der Waals surface area contributed by atoms with E-state index < -0.39 is 11.8 Å². The number of nitrogens with one attached hydrogen (secondary N) is 2. The lowest BCUT2D eigenvalue weighted by Gasteiger charge is -2.11. The average Bonchev–Trinajstić information content (AvgIpc) is 2.86. The van der Waals surface area contributed by atoms with Gasteiger partial charge in [-0.2, -0.15) is 5.10 Å². The van der Waals surface area contributed by atoms with E-state index in [9.17, 15) is 14.7 Å². The van der Waals surface area contributed by atoms with Gasteiger partial charge >= 0.3 is 0 Å². The summed E-state index contributed by atoms with van der Waals surface area (Å²) in [5.74, 6) is -0.0767.